The Kier molecular flexibility index (Phi) is 6.22. The molecule has 1 N–H and O–H groups in total. The van der Waals surface area contributed by atoms with Gasteiger partial charge < -0.3 is 5.32 Å². The number of nitrogens with one attached hydrogen (secondary N) is 1. The molecule has 1 heterocycles. The van der Waals surface area contributed by atoms with Gasteiger partial charge in [-0.05, 0) is 67.2 Å². The van der Waals surface area contributed by atoms with E-state index in [2.05, 4.69) is 26.9 Å². The van der Waals surface area contributed by atoms with Crippen LogP contribution in [-0.4, -0.2) is 38.4 Å². The lowest BCUT2D eigenvalue weighted by Crippen LogP contribution is -2.26. The van der Waals surface area contributed by atoms with Crippen molar-refractivity contribution in [1.29, 1.82) is 0 Å². The van der Waals surface area contributed by atoms with Crippen LogP contribution in [0.2, 0.25) is 0 Å². The summed E-state index contributed by atoms with van der Waals surface area (Å²) in [5.74, 6) is 0.325. The molecule has 0 radical (unpaired) electrons. The van der Waals surface area contributed by atoms with E-state index in [4.69, 9.17) is 0 Å². The molecule has 1 amide bonds. The van der Waals surface area contributed by atoms with E-state index in [0.717, 1.165) is 17.7 Å². The summed E-state index contributed by atoms with van der Waals surface area (Å²) in [5.41, 5.74) is 3.51. The Bertz CT molecular complexity index is 755. The van der Waals surface area contributed by atoms with Gasteiger partial charge >= 0.3 is 0 Å². The molecular formula is C18H23N5OS. The zero-order valence-electron chi connectivity index (χ0n) is 14.4. The van der Waals surface area contributed by atoms with Gasteiger partial charge in [0.05, 0.1) is 11.4 Å². The third-order valence-corrected chi connectivity index (χ3v) is 5.09. The Morgan fingerprint density at radius 3 is 3.08 bits per heavy atom. The molecule has 1 aromatic carbocycles. The van der Waals surface area contributed by atoms with E-state index < -0.39 is 0 Å². The zero-order valence-corrected chi connectivity index (χ0v) is 15.3. The normalized spacial score (nSPS) is 14.2. The fourth-order valence-corrected chi connectivity index (χ4v) is 3.59. The maximum Gasteiger partial charge on any atom is 0.230 e. The molecule has 7 heteroatoms. The molecule has 2 aromatic rings. The minimum atomic E-state index is 0.0141. The van der Waals surface area contributed by atoms with E-state index in [1.165, 1.54) is 43.0 Å². The minimum absolute atomic E-state index is 0.0141. The Labute approximate surface area is 152 Å². The zero-order chi connectivity index (χ0) is 17.5. The molecule has 0 atom stereocenters. The van der Waals surface area contributed by atoms with Crippen molar-refractivity contribution in [1.82, 2.24) is 25.5 Å². The number of carbonyl (C=O) groups is 1. The summed E-state index contributed by atoms with van der Waals surface area (Å²) in [7, 11) is 0. The highest BCUT2D eigenvalue weighted by molar-refractivity contribution is 7.99. The number of allylic oxidation sites excluding steroid dienone is 1. The standard InChI is InChI=1S/C18H23N5OS/c1-14-6-5-9-16(12-14)23-18(20-21-22-23)25-13-17(24)19-11-10-15-7-3-2-4-8-15/h5-7,9,12H,2-4,8,10-11,13H2,1H3,(H,19,24). The van der Waals surface area contributed by atoms with Crippen molar-refractivity contribution in [2.45, 2.75) is 44.2 Å². The molecule has 0 saturated carbocycles. The average molecular weight is 357 g/mol. The van der Waals surface area contributed by atoms with Crippen LogP contribution in [0.3, 0.4) is 0 Å². The number of tetrazole rings is 1. The van der Waals surface area contributed by atoms with Crippen LogP contribution in [0.15, 0.2) is 41.1 Å². The largest absolute Gasteiger partial charge is 0.355 e. The van der Waals surface area contributed by atoms with Gasteiger partial charge in [0.2, 0.25) is 11.1 Å². The first-order valence-electron chi connectivity index (χ1n) is 8.65. The lowest BCUT2D eigenvalue weighted by Gasteiger charge is -2.12. The molecule has 3 rings (SSSR count). The average Bonchev–Trinajstić information content (AvgIpc) is 3.09. The van der Waals surface area contributed by atoms with Crippen LogP contribution in [0.1, 0.15) is 37.7 Å². The molecule has 6 nitrogen and oxygen atoms in total. The van der Waals surface area contributed by atoms with E-state index in [1.807, 2.05) is 31.2 Å². The maximum atomic E-state index is 12.1. The van der Waals surface area contributed by atoms with Gasteiger partial charge in [-0.3, -0.25) is 4.79 Å². The first-order valence-corrected chi connectivity index (χ1v) is 9.64. The van der Waals surface area contributed by atoms with E-state index in [1.54, 1.807) is 4.68 Å². The number of hydrogen-bond donors (Lipinski definition) is 1. The predicted octanol–water partition coefficient (Wildman–Crippen LogP) is 3.07. The van der Waals surface area contributed by atoms with Gasteiger partial charge in [-0.25, -0.2) is 0 Å². The van der Waals surface area contributed by atoms with Crippen LogP contribution < -0.4 is 5.32 Å². The SMILES string of the molecule is Cc1cccc(-n2nnnc2SCC(=O)NCCC2=CCCCC2)c1. The molecule has 0 aliphatic heterocycles. The maximum absolute atomic E-state index is 12.1. The predicted molar refractivity (Wildman–Crippen MR) is 98.8 cm³/mol. The first kappa shape index (κ1) is 17.7. The highest BCUT2D eigenvalue weighted by Gasteiger charge is 2.12. The van der Waals surface area contributed by atoms with Crippen molar-refractivity contribution in [3.63, 3.8) is 0 Å². The molecular weight excluding hydrogens is 334 g/mol. The number of aromatic nitrogens is 4. The number of aryl methyl sites for hydroxylation is 1. The van der Waals surface area contributed by atoms with Crippen molar-refractivity contribution in [2.24, 2.45) is 0 Å². The fraction of sp³-hybridized carbons (Fsp3) is 0.444. The van der Waals surface area contributed by atoms with Crippen LogP contribution in [0, 0.1) is 6.92 Å². The van der Waals surface area contributed by atoms with E-state index in [-0.39, 0.29) is 5.91 Å². The van der Waals surface area contributed by atoms with Crippen LogP contribution in [0.5, 0.6) is 0 Å². The monoisotopic (exact) mass is 357 g/mol. The summed E-state index contributed by atoms with van der Waals surface area (Å²) >= 11 is 1.35. The third kappa shape index (κ3) is 5.16. The molecule has 0 bridgehead atoms. The van der Waals surface area contributed by atoms with Gasteiger partial charge in [0.25, 0.3) is 0 Å². The number of thioether (sulfide) groups is 1. The second kappa shape index (κ2) is 8.80. The van der Waals surface area contributed by atoms with Crippen LogP contribution in [0.25, 0.3) is 5.69 Å². The smallest absolute Gasteiger partial charge is 0.230 e. The van der Waals surface area contributed by atoms with E-state index >= 15 is 0 Å². The van der Waals surface area contributed by atoms with Crippen molar-refractivity contribution >= 4 is 17.7 Å². The topological polar surface area (TPSA) is 72.7 Å². The Balaban J connectivity index is 1.48. The summed E-state index contributed by atoms with van der Waals surface area (Å²) in [6, 6.07) is 7.95. The number of hydrogen-bond acceptors (Lipinski definition) is 5. The number of carbonyl (C=O) groups excluding carboxylic acids is 1. The van der Waals surface area contributed by atoms with Crippen LogP contribution >= 0.6 is 11.8 Å². The lowest BCUT2D eigenvalue weighted by molar-refractivity contribution is -0.118. The third-order valence-electron chi connectivity index (χ3n) is 4.17. The van der Waals surface area contributed by atoms with Crippen molar-refractivity contribution < 1.29 is 4.79 Å². The van der Waals surface area contributed by atoms with E-state index in [0.29, 0.717) is 17.5 Å². The molecule has 0 saturated heterocycles. The highest BCUT2D eigenvalue weighted by Crippen LogP contribution is 2.20. The van der Waals surface area contributed by atoms with Gasteiger partial charge in [-0.1, -0.05) is 35.5 Å². The number of amides is 1. The van der Waals surface area contributed by atoms with Gasteiger partial charge in [-0.2, -0.15) is 4.68 Å². The summed E-state index contributed by atoms with van der Waals surface area (Å²) < 4.78 is 1.66. The van der Waals surface area contributed by atoms with E-state index in [9.17, 15) is 4.79 Å². The molecule has 0 unspecified atom stereocenters. The van der Waals surface area contributed by atoms with Gasteiger partial charge in [0, 0.05) is 6.54 Å². The van der Waals surface area contributed by atoms with Gasteiger partial charge in [0.1, 0.15) is 0 Å². The Morgan fingerprint density at radius 2 is 2.28 bits per heavy atom. The molecule has 0 spiro atoms. The fourth-order valence-electron chi connectivity index (χ4n) is 2.87. The van der Waals surface area contributed by atoms with Crippen molar-refractivity contribution in [3.8, 4) is 5.69 Å². The van der Waals surface area contributed by atoms with Gasteiger partial charge in [-0.15, -0.1) is 5.10 Å². The second-order valence-electron chi connectivity index (χ2n) is 6.21. The number of rotatable bonds is 7. The second-order valence-corrected chi connectivity index (χ2v) is 7.15. The molecule has 0 fully saturated rings. The Morgan fingerprint density at radius 1 is 1.36 bits per heavy atom. The van der Waals surface area contributed by atoms with Crippen LogP contribution in [-0.2, 0) is 4.79 Å². The number of nitrogens with zero attached hydrogens (tertiary/aromatic N) is 4. The quantitative estimate of drug-likeness (QED) is 0.609. The van der Waals surface area contributed by atoms with Crippen molar-refractivity contribution in [3.05, 3.63) is 41.5 Å². The minimum Gasteiger partial charge on any atom is -0.355 e. The summed E-state index contributed by atoms with van der Waals surface area (Å²) in [6.07, 6.45) is 8.20. The Hall–Kier alpha value is -2.15. The summed E-state index contributed by atoms with van der Waals surface area (Å²) in [5, 5.41) is 15.4. The van der Waals surface area contributed by atoms with Crippen LogP contribution in [0.4, 0.5) is 0 Å². The molecule has 25 heavy (non-hydrogen) atoms. The molecule has 132 valence electrons. The highest BCUT2D eigenvalue weighted by atomic mass is 32.2. The summed E-state index contributed by atoms with van der Waals surface area (Å²) in [6.45, 7) is 2.73. The summed E-state index contributed by atoms with van der Waals surface area (Å²) in [4.78, 5) is 12.1. The number of benzene rings is 1. The molecule has 1 aromatic heterocycles. The first-order chi connectivity index (χ1) is 12.2. The molecule has 1 aliphatic carbocycles. The lowest BCUT2D eigenvalue weighted by atomic mass is 9.97. The molecule has 1 aliphatic rings. The van der Waals surface area contributed by atoms with Crippen molar-refractivity contribution in [2.75, 3.05) is 12.3 Å². The van der Waals surface area contributed by atoms with Gasteiger partial charge in [0.15, 0.2) is 0 Å².